The third kappa shape index (κ3) is 4.04. The molecule has 0 saturated carbocycles. The first-order valence-electron chi connectivity index (χ1n) is 7.24. The minimum absolute atomic E-state index is 0.134. The summed E-state index contributed by atoms with van der Waals surface area (Å²) in [6.07, 6.45) is 0. The number of aliphatic hydroxyl groups is 1. The van der Waals surface area contributed by atoms with Gasteiger partial charge in [0.1, 0.15) is 12.4 Å². The van der Waals surface area contributed by atoms with Crippen molar-refractivity contribution in [3.8, 4) is 11.8 Å². The maximum Gasteiger partial charge on any atom is 0.124 e. The molecule has 0 aromatic heterocycles. The summed E-state index contributed by atoms with van der Waals surface area (Å²) in [5.74, 6) is 5.16. The zero-order valence-electron chi connectivity index (χ0n) is 13.0. The molecule has 1 heterocycles. The standard InChI is InChI=1S/C17H23FN2O/c1-17(2)13-20(9-8-19(17)3)12-15-6-7-16(18)11-14(15)5-4-10-21/h6-7,11,21H,8-10,12-13H2,1-3H3. The quantitative estimate of drug-likeness (QED) is 0.840. The molecule has 3 nitrogen and oxygen atoms in total. The van der Waals surface area contributed by atoms with Crippen molar-refractivity contribution in [2.75, 3.05) is 33.3 Å². The van der Waals surface area contributed by atoms with Crippen LogP contribution in [0.15, 0.2) is 18.2 Å². The Morgan fingerprint density at radius 3 is 2.76 bits per heavy atom. The largest absolute Gasteiger partial charge is 0.384 e. The minimum atomic E-state index is -0.292. The molecular weight excluding hydrogens is 267 g/mol. The van der Waals surface area contributed by atoms with Crippen molar-refractivity contribution in [2.45, 2.75) is 25.9 Å². The molecule has 1 aromatic carbocycles. The Hall–Kier alpha value is -1.41. The van der Waals surface area contributed by atoms with Gasteiger partial charge in [0.25, 0.3) is 0 Å². The topological polar surface area (TPSA) is 26.7 Å². The first-order chi connectivity index (χ1) is 9.92. The second-order valence-electron chi connectivity index (χ2n) is 6.21. The van der Waals surface area contributed by atoms with E-state index in [1.54, 1.807) is 6.07 Å². The van der Waals surface area contributed by atoms with Gasteiger partial charge in [-0.15, -0.1) is 0 Å². The molecule has 0 spiro atoms. The molecule has 1 fully saturated rings. The molecule has 1 aliphatic heterocycles. The van der Waals surface area contributed by atoms with Crippen molar-refractivity contribution >= 4 is 0 Å². The van der Waals surface area contributed by atoms with Crippen LogP contribution in [0.25, 0.3) is 0 Å². The number of hydrogen-bond acceptors (Lipinski definition) is 3. The number of aliphatic hydroxyl groups excluding tert-OH is 1. The van der Waals surface area contributed by atoms with E-state index in [-0.39, 0.29) is 18.0 Å². The highest BCUT2D eigenvalue weighted by Crippen LogP contribution is 2.21. The number of likely N-dealkylation sites (N-methyl/N-ethyl adjacent to an activating group) is 1. The predicted octanol–water partition coefficient (Wildman–Crippen LogP) is 1.70. The smallest absolute Gasteiger partial charge is 0.124 e. The molecule has 0 radical (unpaired) electrons. The number of benzene rings is 1. The van der Waals surface area contributed by atoms with Gasteiger partial charge in [-0.05, 0) is 38.6 Å². The third-order valence-corrected chi connectivity index (χ3v) is 4.16. The Labute approximate surface area is 126 Å². The molecule has 1 N–H and O–H groups in total. The van der Waals surface area contributed by atoms with Crippen molar-refractivity contribution in [3.05, 3.63) is 35.1 Å². The number of halogens is 1. The lowest BCUT2D eigenvalue weighted by atomic mass is 9.98. The highest BCUT2D eigenvalue weighted by molar-refractivity contribution is 5.41. The third-order valence-electron chi connectivity index (χ3n) is 4.16. The summed E-state index contributed by atoms with van der Waals surface area (Å²) in [6.45, 7) is 7.99. The zero-order chi connectivity index (χ0) is 15.5. The Kier molecular flexibility index (Phi) is 5.00. The minimum Gasteiger partial charge on any atom is -0.384 e. The Morgan fingerprint density at radius 2 is 2.10 bits per heavy atom. The van der Waals surface area contributed by atoms with Crippen LogP contribution in [0.1, 0.15) is 25.0 Å². The lowest BCUT2D eigenvalue weighted by Gasteiger charge is -2.45. The molecule has 0 amide bonds. The summed E-state index contributed by atoms with van der Waals surface area (Å²) in [6, 6.07) is 4.71. The monoisotopic (exact) mass is 290 g/mol. The second-order valence-corrected chi connectivity index (χ2v) is 6.21. The van der Waals surface area contributed by atoms with Gasteiger partial charge < -0.3 is 5.11 Å². The van der Waals surface area contributed by atoms with Crippen LogP contribution in [-0.4, -0.2) is 53.7 Å². The normalized spacial score (nSPS) is 19.1. The van der Waals surface area contributed by atoms with Crippen LogP contribution in [-0.2, 0) is 6.54 Å². The van der Waals surface area contributed by atoms with E-state index in [1.807, 2.05) is 0 Å². The van der Waals surface area contributed by atoms with Crippen molar-refractivity contribution in [1.29, 1.82) is 0 Å². The van der Waals surface area contributed by atoms with Crippen LogP contribution in [0.4, 0.5) is 4.39 Å². The van der Waals surface area contributed by atoms with Crippen molar-refractivity contribution < 1.29 is 9.50 Å². The van der Waals surface area contributed by atoms with E-state index >= 15 is 0 Å². The van der Waals surface area contributed by atoms with Gasteiger partial charge in [-0.1, -0.05) is 17.9 Å². The average molecular weight is 290 g/mol. The van der Waals surface area contributed by atoms with Crippen LogP contribution in [0, 0.1) is 17.7 Å². The zero-order valence-corrected chi connectivity index (χ0v) is 13.0. The second kappa shape index (κ2) is 6.57. The molecule has 0 atom stereocenters. The number of nitrogens with zero attached hydrogens (tertiary/aromatic N) is 2. The van der Waals surface area contributed by atoms with E-state index in [2.05, 4.69) is 42.5 Å². The molecule has 4 heteroatoms. The summed E-state index contributed by atoms with van der Waals surface area (Å²) in [5, 5.41) is 8.82. The predicted molar refractivity (Wildman–Crippen MR) is 82.3 cm³/mol. The van der Waals surface area contributed by atoms with Gasteiger partial charge in [-0.2, -0.15) is 0 Å². The van der Waals surface area contributed by atoms with Crippen LogP contribution < -0.4 is 0 Å². The van der Waals surface area contributed by atoms with Gasteiger partial charge in [0.05, 0.1) is 0 Å². The van der Waals surface area contributed by atoms with Gasteiger partial charge in [0.2, 0.25) is 0 Å². The lowest BCUT2D eigenvalue weighted by molar-refractivity contribution is 0.0359. The highest BCUT2D eigenvalue weighted by atomic mass is 19.1. The average Bonchev–Trinajstić information content (AvgIpc) is 2.43. The fourth-order valence-corrected chi connectivity index (χ4v) is 2.65. The fourth-order valence-electron chi connectivity index (χ4n) is 2.65. The number of hydrogen-bond donors (Lipinski definition) is 1. The van der Waals surface area contributed by atoms with E-state index in [1.165, 1.54) is 12.1 Å². The molecule has 21 heavy (non-hydrogen) atoms. The molecule has 0 bridgehead atoms. The number of piperazine rings is 1. The first-order valence-corrected chi connectivity index (χ1v) is 7.24. The van der Waals surface area contributed by atoms with Crippen LogP contribution in [0.3, 0.4) is 0 Å². The van der Waals surface area contributed by atoms with Crippen LogP contribution in [0.2, 0.25) is 0 Å². The molecule has 1 saturated heterocycles. The van der Waals surface area contributed by atoms with Crippen molar-refractivity contribution in [1.82, 2.24) is 9.80 Å². The summed E-state index contributed by atoms with van der Waals surface area (Å²) >= 11 is 0. The summed E-state index contributed by atoms with van der Waals surface area (Å²) in [4.78, 5) is 4.73. The summed E-state index contributed by atoms with van der Waals surface area (Å²) in [5.41, 5.74) is 1.81. The van der Waals surface area contributed by atoms with Crippen LogP contribution in [0.5, 0.6) is 0 Å². The SMILES string of the molecule is CN1CCN(Cc2ccc(F)cc2C#CCO)CC1(C)C. The summed E-state index contributed by atoms with van der Waals surface area (Å²) in [7, 11) is 2.15. The molecule has 2 rings (SSSR count). The molecule has 0 unspecified atom stereocenters. The van der Waals surface area contributed by atoms with Gasteiger partial charge in [0.15, 0.2) is 0 Å². The van der Waals surface area contributed by atoms with Crippen molar-refractivity contribution in [2.24, 2.45) is 0 Å². The van der Waals surface area contributed by atoms with E-state index in [0.29, 0.717) is 5.56 Å². The van der Waals surface area contributed by atoms with Crippen molar-refractivity contribution in [3.63, 3.8) is 0 Å². The Balaban J connectivity index is 2.16. The highest BCUT2D eigenvalue weighted by Gasteiger charge is 2.30. The van der Waals surface area contributed by atoms with Crippen LogP contribution >= 0.6 is 0 Å². The molecule has 1 aromatic rings. The maximum absolute atomic E-state index is 13.4. The molecular formula is C17H23FN2O. The van der Waals surface area contributed by atoms with Gasteiger partial charge in [-0.25, -0.2) is 4.39 Å². The van der Waals surface area contributed by atoms with E-state index in [9.17, 15) is 4.39 Å². The molecule has 0 aliphatic carbocycles. The summed E-state index contributed by atoms with van der Waals surface area (Å²) < 4.78 is 13.4. The first kappa shape index (κ1) is 16.0. The molecule has 114 valence electrons. The Bertz CT molecular complexity index is 560. The number of rotatable bonds is 2. The maximum atomic E-state index is 13.4. The van der Waals surface area contributed by atoms with Gasteiger partial charge >= 0.3 is 0 Å². The lowest BCUT2D eigenvalue weighted by Crippen LogP contribution is -2.57. The van der Waals surface area contributed by atoms with E-state index in [0.717, 1.165) is 31.7 Å². The van der Waals surface area contributed by atoms with E-state index in [4.69, 9.17) is 5.11 Å². The van der Waals surface area contributed by atoms with Gasteiger partial charge in [-0.3, -0.25) is 9.80 Å². The fraction of sp³-hybridized carbons (Fsp3) is 0.529. The van der Waals surface area contributed by atoms with Gasteiger partial charge in [0, 0.05) is 37.3 Å². The Morgan fingerprint density at radius 1 is 1.33 bits per heavy atom. The van der Waals surface area contributed by atoms with E-state index < -0.39 is 0 Å². The molecule has 1 aliphatic rings.